The minimum absolute atomic E-state index is 0.0692. The summed E-state index contributed by atoms with van der Waals surface area (Å²) in [5.74, 6) is 0.810. The zero-order valence-corrected chi connectivity index (χ0v) is 18.8. The third-order valence-electron chi connectivity index (χ3n) is 5.45. The van der Waals surface area contributed by atoms with Crippen molar-refractivity contribution in [1.29, 1.82) is 0 Å². The number of carbonyl (C=O) groups excluding carboxylic acids is 1. The van der Waals surface area contributed by atoms with Crippen LogP contribution in [0.25, 0.3) is 11.5 Å². The second kappa shape index (κ2) is 9.35. The third kappa shape index (κ3) is 4.80. The van der Waals surface area contributed by atoms with Crippen LogP contribution in [-0.2, 0) is 13.0 Å². The van der Waals surface area contributed by atoms with Crippen molar-refractivity contribution in [2.75, 3.05) is 5.75 Å². The molecule has 2 heterocycles. The number of benzene rings is 2. The Kier molecular flexibility index (Phi) is 6.37. The highest BCUT2D eigenvalue weighted by Gasteiger charge is 2.18. The average Bonchev–Trinajstić information content (AvgIpc) is 3.36. The van der Waals surface area contributed by atoms with E-state index in [1.54, 1.807) is 0 Å². The van der Waals surface area contributed by atoms with E-state index in [1.165, 1.54) is 17.3 Å². The standard InChI is InChI=1S/C25H25N3O2S/c1-17-9-7-8-12-21(17)24-26-27-25(30-24)31-16-23(29)22-15-18(2)28(19(22)3)14-13-20-10-5-4-6-11-20/h4-12,15H,13-14,16H2,1-3H3. The van der Waals surface area contributed by atoms with Gasteiger partial charge >= 0.3 is 0 Å². The Hall–Kier alpha value is -3.12. The Morgan fingerprint density at radius 3 is 2.52 bits per heavy atom. The number of Topliss-reactive ketones (excluding diaryl/α,β-unsaturated/α-hetero) is 1. The molecule has 0 aliphatic carbocycles. The number of rotatable bonds is 8. The predicted octanol–water partition coefficient (Wildman–Crippen LogP) is 5.68. The van der Waals surface area contributed by atoms with Crippen LogP contribution in [0.5, 0.6) is 0 Å². The molecule has 31 heavy (non-hydrogen) atoms. The van der Waals surface area contributed by atoms with Crippen LogP contribution in [-0.4, -0.2) is 26.3 Å². The van der Waals surface area contributed by atoms with E-state index < -0.39 is 0 Å². The summed E-state index contributed by atoms with van der Waals surface area (Å²) in [7, 11) is 0. The van der Waals surface area contributed by atoms with Gasteiger partial charge in [0.2, 0.25) is 5.89 Å². The number of aryl methyl sites for hydroxylation is 3. The first-order valence-electron chi connectivity index (χ1n) is 10.3. The van der Waals surface area contributed by atoms with Crippen LogP contribution < -0.4 is 0 Å². The monoisotopic (exact) mass is 431 g/mol. The molecule has 2 aromatic heterocycles. The van der Waals surface area contributed by atoms with Gasteiger partial charge in [-0.25, -0.2) is 0 Å². The maximum absolute atomic E-state index is 12.9. The minimum Gasteiger partial charge on any atom is -0.411 e. The molecule has 6 heteroatoms. The lowest BCUT2D eigenvalue weighted by atomic mass is 10.1. The summed E-state index contributed by atoms with van der Waals surface area (Å²) in [6, 6.07) is 20.2. The SMILES string of the molecule is Cc1ccccc1-c1nnc(SCC(=O)c2cc(C)n(CCc3ccccc3)c2C)o1. The van der Waals surface area contributed by atoms with Gasteiger partial charge in [-0.05, 0) is 50.5 Å². The quantitative estimate of drug-likeness (QED) is 0.265. The van der Waals surface area contributed by atoms with E-state index in [-0.39, 0.29) is 11.5 Å². The molecular weight excluding hydrogens is 406 g/mol. The number of hydrogen-bond donors (Lipinski definition) is 0. The van der Waals surface area contributed by atoms with Gasteiger partial charge in [0.1, 0.15) is 0 Å². The van der Waals surface area contributed by atoms with Gasteiger partial charge in [-0.3, -0.25) is 4.79 Å². The summed E-state index contributed by atoms with van der Waals surface area (Å²) in [6.07, 6.45) is 0.934. The second-order valence-corrected chi connectivity index (χ2v) is 8.50. The van der Waals surface area contributed by atoms with Gasteiger partial charge in [0, 0.05) is 29.1 Å². The Morgan fingerprint density at radius 1 is 1.00 bits per heavy atom. The van der Waals surface area contributed by atoms with Crippen molar-refractivity contribution in [2.45, 2.75) is 39.0 Å². The summed E-state index contributed by atoms with van der Waals surface area (Å²) in [5, 5.41) is 8.64. The Morgan fingerprint density at radius 2 is 1.74 bits per heavy atom. The number of thioether (sulfide) groups is 1. The number of nitrogens with zero attached hydrogens (tertiary/aromatic N) is 3. The van der Waals surface area contributed by atoms with Gasteiger partial charge in [-0.2, -0.15) is 0 Å². The van der Waals surface area contributed by atoms with Crippen LogP contribution in [0.15, 0.2) is 70.3 Å². The highest BCUT2D eigenvalue weighted by Crippen LogP contribution is 2.26. The largest absolute Gasteiger partial charge is 0.411 e. The molecule has 0 saturated heterocycles. The van der Waals surface area contributed by atoms with Crippen LogP contribution in [0.3, 0.4) is 0 Å². The first kappa shape index (κ1) is 21.1. The maximum atomic E-state index is 12.9. The van der Waals surface area contributed by atoms with E-state index in [4.69, 9.17) is 4.42 Å². The molecule has 158 valence electrons. The Balaban J connectivity index is 1.41. The zero-order valence-electron chi connectivity index (χ0n) is 18.0. The number of ketones is 1. The van der Waals surface area contributed by atoms with Gasteiger partial charge in [-0.15, -0.1) is 10.2 Å². The fourth-order valence-corrected chi connectivity index (χ4v) is 4.35. The van der Waals surface area contributed by atoms with Crippen molar-refractivity contribution >= 4 is 17.5 Å². The fraction of sp³-hybridized carbons (Fsp3) is 0.240. The molecule has 0 amide bonds. The predicted molar refractivity (Wildman–Crippen MR) is 124 cm³/mol. The third-order valence-corrected chi connectivity index (χ3v) is 6.27. The van der Waals surface area contributed by atoms with Crippen LogP contribution >= 0.6 is 11.8 Å². The highest BCUT2D eigenvalue weighted by molar-refractivity contribution is 7.99. The van der Waals surface area contributed by atoms with Crippen LogP contribution in [0.2, 0.25) is 0 Å². The molecule has 0 spiro atoms. The molecular formula is C25H25N3O2S. The molecule has 0 N–H and O–H groups in total. The summed E-state index contributed by atoms with van der Waals surface area (Å²) >= 11 is 1.28. The molecule has 0 bridgehead atoms. The normalized spacial score (nSPS) is 11.1. The van der Waals surface area contributed by atoms with Crippen LogP contribution in [0.1, 0.15) is 32.9 Å². The first-order valence-corrected chi connectivity index (χ1v) is 11.3. The number of hydrogen-bond acceptors (Lipinski definition) is 5. The van der Waals surface area contributed by atoms with Crippen molar-refractivity contribution in [1.82, 2.24) is 14.8 Å². The van der Waals surface area contributed by atoms with Crippen molar-refractivity contribution in [2.24, 2.45) is 0 Å². The van der Waals surface area contributed by atoms with Gasteiger partial charge in [-0.1, -0.05) is 60.3 Å². The van der Waals surface area contributed by atoms with Gasteiger partial charge in [0.05, 0.1) is 5.75 Å². The van der Waals surface area contributed by atoms with Crippen molar-refractivity contribution in [3.05, 3.63) is 88.7 Å². The lowest BCUT2D eigenvalue weighted by Crippen LogP contribution is -2.08. The van der Waals surface area contributed by atoms with E-state index in [0.717, 1.165) is 41.0 Å². The summed E-state index contributed by atoms with van der Waals surface area (Å²) < 4.78 is 7.98. The van der Waals surface area contributed by atoms with Crippen LogP contribution in [0, 0.1) is 20.8 Å². The lowest BCUT2D eigenvalue weighted by molar-refractivity contribution is 0.102. The average molecular weight is 432 g/mol. The molecule has 0 aliphatic rings. The molecule has 2 aromatic carbocycles. The molecule has 4 rings (SSSR count). The van der Waals surface area contributed by atoms with E-state index in [2.05, 4.69) is 39.0 Å². The topological polar surface area (TPSA) is 60.9 Å². The summed E-state index contributed by atoms with van der Waals surface area (Å²) in [6.45, 7) is 6.92. The van der Waals surface area contributed by atoms with E-state index >= 15 is 0 Å². The molecule has 0 unspecified atom stereocenters. The first-order chi connectivity index (χ1) is 15.0. The maximum Gasteiger partial charge on any atom is 0.277 e. The summed E-state index contributed by atoms with van der Waals surface area (Å²) in [5.41, 5.74) is 6.14. The molecule has 0 saturated carbocycles. The number of carbonyl (C=O) groups is 1. The van der Waals surface area contributed by atoms with Crippen molar-refractivity contribution in [3.8, 4) is 11.5 Å². The highest BCUT2D eigenvalue weighted by atomic mass is 32.2. The molecule has 0 fully saturated rings. The number of aromatic nitrogens is 3. The van der Waals surface area contributed by atoms with E-state index in [1.807, 2.05) is 57.2 Å². The van der Waals surface area contributed by atoms with Gasteiger partial charge < -0.3 is 8.98 Å². The lowest BCUT2D eigenvalue weighted by Gasteiger charge is -2.10. The Labute approximate surface area is 186 Å². The molecule has 0 aliphatic heterocycles. The van der Waals surface area contributed by atoms with E-state index in [9.17, 15) is 4.79 Å². The van der Waals surface area contributed by atoms with Crippen molar-refractivity contribution < 1.29 is 9.21 Å². The Bertz CT molecular complexity index is 1190. The van der Waals surface area contributed by atoms with E-state index in [0.29, 0.717) is 11.1 Å². The van der Waals surface area contributed by atoms with Crippen molar-refractivity contribution in [3.63, 3.8) is 0 Å². The van der Waals surface area contributed by atoms with Gasteiger partial charge in [0.15, 0.2) is 5.78 Å². The fourth-order valence-electron chi connectivity index (χ4n) is 3.71. The summed E-state index contributed by atoms with van der Waals surface area (Å²) in [4.78, 5) is 12.9. The smallest absolute Gasteiger partial charge is 0.277 e. The zero-order chi connectivity index (χ0) is 21.8. The van der Waals surface area contributed by atoms with Crippen LogP contribution in [0.4, 0.5) is 0 Å². The second-order valence-electron chi connectivity index (χ2n) is 7.57. The molecule has 0 radical (unpaired) electrons. The molecule has 5 nitrogen and oxygen atoms in total. The van der Waals surface area contributed by atoms with Gasteiger partial charge in [0.25, 0.3) is 5.22 Å². The molecule has 0 atom stereocenters. The minimum atomic E-state index is 0.0692. The molecule has 4 aromatic rings.